The number of hydrogen-bond acceptors (Lipinski definition) is 8. The molecule has 0 amide bonds. The maximum atomic E-state index is 13.9. The Morgan fingerprint density at radius 3 is 2.08 bits per heavy atom. The third-order valence-electron chi connectivity index (χ3n) is 6.42. The summed E-state index contributed by atoms with van der Waals surface area (Å²) in [6.07, 6.45) is 5.40. The van der Waals surface area contributed by atoms with Gasteiger partial charge in [-0.3, -0.25) is 9.59 Å². The first kappa shape index (κ1) is 28.5. The fraction of sp³-hybridized carbons (Fsp3) is 0.310. The van der Waals surface area contributed by atoms with Crippen LogP contribution in [-0.4, -0.2) is 54.3 Å². The maximum absolute atomic E-state index is 13.9. The smallest absolute Gasteiger partial charge is 0.307 e. The van der Waals surface area contributed by atoms with Crippen LogP contribution >= 0.6 is 0 Å². The molecule has 0 aliphatic rings. The number of fused-ring (bicyclic) bond motifs is 1. The molecule has 0 bridgehead atoms. The Balaban J connectivity index is 2.20. The zero-order chi connectivity index (χ0) is 27.9. The Bertz CT molecular complexity index is 1440. The van der Waals surface area contributed by atoms with Crippen LogP contribution in [0.25, 0.3) is 10.8 Å². The Morgan fingerprint density at radius 1 is 0.895 bits per heavy atom. The molecule has 3 aromatic rings. The van der Waals surface area contributed by atoms with Crippen molar-refractivity contribution in [1.82, 2.24) is 0 Å². The first-order valence-corrected chi connectivity index (χ1v) is 13.5. The second-order valence-electron chi connectivity index (χ2n) is 8.67. The zero-order valence-electron chi connectivity index (χ0n) is 21.8. The van der Waals surface area contributed by atoms with Crippen LogP contribution in [0.2, 0.25) is 0 Å². The fourth-order valence-electron chi connectivity index (χ4n) is 4.40. The van der Waals surface area contributed by atoms with Crippen LogP contribution in [0.3, 0.4) is 0 Å². The summed E-state index contributed by atoms with van der Waals surface area (Å²) in [5, 5.41) is 0.163. The molecule has 0 aromatic heterocycles. The summed E-state index contributed by atoms with van der Waals surface area (Å²) in [6, 6.07) is 16.5. The number of carbonyl (C=O) groups is 2. The van der Waals surface area contributed by atoms with E-state index in [2.05, 4.69) is 5.92 Å². The number of methoxy groups -OCH3 is 3. The van der Waals surface area contributed by atoms with Crippen LogP contribution in [0.5, 0.6) is 5.75 Å². The second-order valence-corrected chi connectivity index (χ2v) is 10.8. The van der Waals surface area contributed by atoms with E-state index in [0.717, 1.165) is 11.1 Å². The van der Waals surface area contributed by atoms with Gasteiger partial charge in [0.2, 0.25) is 0 Å². The largest absolute Gasteiger partial charge is 0.497 e. The summed E-state index contributed by atoms with van der Waals surface area (Å²) in [7, 11) is 0.0267. The number of terminal acetylenes is 1. The molecule has 200 valence electrons. The molecular formula is C29H31NO7S. The molecule has 0 heterocycles. The molecule has 1 unspecified atom stereocenters. The van der Waals surface area contributed by atoms with Gasteiger partial charge in [0, 0.05) is 17.1 Å². The number of benzene rings is 3. The van der Waals surface area contributed by atoms with E-state index in [-0.39, 0.29) is 36.3 Å². The lowest BCUT2D eigenvalue weighted by Gasteiger charge is -2.31. The van der Waals surface area contributed by atoms with Gasteiger partial charge in [-0.2, -0.15) is 0 Å². The van der Waals surface area contributed by atoms with E-state index in [1.807, 2.05) is 24.0 Å². The molecule has 0 aliphatic heterocycles. The highest BCUT2D eigenvalue weighted by Gasteiger charge is 2.34. The van der Waals surface area contributed by atoms with Crippen LogP contribution in [0.15, 0.2) is 65.6 Å². The van der Waals surface area contributed by atoms with Crippen molar-refractivity contribution in [2.24, 2.45) is 0 Å². The normalized spacial score (nSPS) is 12.7. The van der Waals surface area contributed by atoms with Gasteiger partial charge in [-0.1, -0.05) is 36.3 Å². The van der Waals surface area contributed by atoms with E-state index in [1.165, 1.54) is 33.5 Å². The second kappa shape index (κ2) is 12.5. The van der Waals surface area contributed by atoms with Gasteiger partial charge >= 0.3 is 11.9 Å². The van der Waals surface area contributed by atoms with Crippen molar-refractivity contribution in [2.45, 2.75) is 36.0 Å². The number of esters is 2. The number of anilines is 1. The molecule has 2 atom stereocenters. The van der Waals surface area contributed by atoms with Gasteiger partial charge in [0.1, 0.15) is 11.0 Å². The topological polar surface area (TPSA) is 99.2 Å². The molecule has 0 aliphatic carbocycles. The number of sulfone groups is 1. The summed E-state index contributed by atoms with van der Waals surface area (Å²) in [5.74, 6) is 2.12. The summed E-state index contributed by atoms with van der Waals surface area (Å²) in [6.45, 7) is 2.09. The van der Waals surface area contributed by atoms with Crippen molar-refractivity contribution < 1.29 is 32.2 Å². The van der Waals surface area contributed by atoms with Crippen LogP contribution in [-0.2, 0) is 28.9 Å². The van der Waals surface area contributed by atoms with Crippen molar-refractivity contribution in [3.8, 4) is 18.1 Å². The maximum Gasteiger partial charge on any atom is 0.307 e. The van der Waals surface area contributed by atoms with Crippen molar-refractivity contribution in [3.05, 3.63) is 66.2 Å². The standard InChI is InChI=1S/C29H31NO7S/c1-6-17-30(20(2)18-28(31)36-4)26-16-15-25(23-9-7-8-10-24(23)26)27(19-29(32)37-5)38(33,34)22-13-11-21(35-3)12-14-22/h1,7-16,20,27H,17-19H2,2-5H3/t20-,27?/m0/s1. The third kappa shape index (κ3) is 6.09. The van der Waals surface area contributed by atoms with Gasteiger partial charge in [-0.15, -0.1) is 6.42 Å². The predicted octanol–water partition coefficient (Wildman–Crippen LogP) is 4.32. The molecule has 9 heteroatoms. The third-order valence-corrected chi connectivity index (χ3v) is 8.52. The Kier molecular flexibility index (Phi) is 9.37. The molecule has 0 fully saturated rings. The first-order valence-electron chi connectivity index (χ1n) is 11.9. The van der Waals surface area contributed by atoms with E-state index in [0.29, 0.717) is 16.7 Å². The molecule has 3 rings (SSSR count). The van der Waals surface area contributed by atoms with E-state index < -0.39 is 21.1 Å². The highest BCUT2D eigenvalue weighted by molar-refractivity contribution is 7.91. The molecular weight excluding hydrogens is 506 g/mol. The van der Waals surface area contributed by atoms with Gasteiger partial charge in [0.25, 0.3) is 0 Å². The predicted molar refractivity (Wildman–Crippen MR) is 146 cm³/mol. The highest BCUT2D eigenvalue weighted by Crippen LogP contribution is 2.40. The average molecular weight is 538 g/mol. The van der Waals surface area contributed by atoms with Crippen LogP contribution in [0.4, 0.5) is 5.69 Å². The average Bonchev–Trinajstić information content (AvgIpc) is 2.94. The Labute approximate surface area is 223 Å². The van der Waals surface area contributed by atoms with Gasteiger partial charge in [0.15, 0.2) is 9.84 Å². The van der Waals surface area contributed by atoms with Crippen molar-refractivity contribution >= 4 is 38.2 Å². The molecule has 0 N–H and O–H groups in total. The van der Waals surface area contributed by atoms with E-state index >= 15 is 0 Å². The molecule has 0 saturated carbocycles. The first-order chi connectivity index (χ1) is 18.2. The Morgan fingerprint density at radius 2 is 1.50 bits per heavy atom. The van der Waals surface area contributed by atoms with Gasteiger partial charge in [-0.05, 0) is 48.2 Å². The monoisotopic (exact) mass is 537 g/mol. The van der Waals surface area contributed by atoms with Crippen LogP contribution < -0.4 is 9.64 Å². The number of carbonyl (C=O) groups excluding carboxylic acids is 2. The molecule has 38 heavy (non-hydrogen) atoms. The van der Waals surface area contributed by atoms with Crippen LogP contribution in [0, 0.1) is 12.3 Å². The molecule has 0 radical (unpaired) electrons. The Hall–Kier alpha value is -4.03. The number of rotatable bonds is 11. The molecule has 8 nitrogen and oxygen atoms in total. The number of ether oxygens (including phenoxy) is 3. The van der Waals surface area contributed by atoms with Crippen molar-refractivity contribution in [2.75, 3.05) is 32.8 Å². The SMILES string of the molecule is C#CCN(c1ccc(C(CC(=O)OC)S(=O)(=O)c2ccc(OC)cc2)c2ccccc12)[C@@H](C)CC(=O)OC. The van der Waals surface area contributed by atoms with Crippen LogP contribution in [0.1, 0.15) is 30.6 Å². The molecule has 0 saturated heterocycles. The number of nitrogens with zero attached hydrogens (tertiary/aromatic N) is 1. The van der Waals surface area contributed by atoms with Gasteiger partial charge in [0.05, 0.1) is 45.6 Å². The van der Waals surface area contributed by atoms with Crippen molar-refractivity contribution in [1.29, 1.82) is 0 Å². The lowest BCUT2D eigenvalue weighted by molar-refractivity contribution is -0.141. The lowest BCUT2D eigenvalue weighted by atomic mass is 9.97. The summed E-state index contributed by atoms with van der Waals surface area (Å²) < 4.78 is 42.6. The van der Waals surface area contributed by atoms with Gasteiger partial charge in [-0.25, -0.2) is 8.42 Å². The summed E-state index contributed by atoms with van der Waals surface area (Å²) >= 11 is 0. The molecule has 3 aromatic carbocycles. The van der Waals surface area contributed by atoms with E-state index in [9.17, 15) is 18.0 Å². The van der Waals surface area contributed by atoms with Crippen molar-refractivity contribution in [3.63, 3.8) is 0 Å². The van der Waals surface area contributed by atoms with E-state index in [4.69, 9.17) is 20.6 Å². The summed E-state index contributed by atoms with van der Waals surface area (Å²) in [4.78, 5) is 26.3. The number of hydrogen-bond donors (Lipinski definition) is 0. The van der Waals surface area contributed by atoms with Gasteiger partial charge < -0.3 is 19.1 Å². The zero-order valence-corrected chi connectivity index (χ0v) is 22.7. The van der Waals surface area contributed by atoms with E-state index in [1.54, 1.807) is 36.4 Å². The quantitative estimate of drug-likeness (QED) is 0.264. The summed E-state index contributed by atoms with van der Waals surface area (Å²) in [5.41, 5.74) is 1.18. The minimum atomic E-state index is -4.02. The lowest BCUT2D eigenvalue weighted by Crippen LogP contribution is -2.35. The molecule has 0 spiro atoms. The fourth-order valence-corrected chi connectivity index (χ4v) is 6.14. The minimum Gasteiger partial charge on any atom is -0.497 e. The minimum absolute atomic E-state index is 0.0565. The highest BCUT2D eigenvalue weighted by atomic mass is 32.2.